The van der Waals surface area contributed by atoms with Gasteiger partial charge in [0.1, 0.15) is 0 Å². The standard InChI is InChI=1S/C13H12AsNO2/c1-17-13(16)11-7-8-15-9-12(11)14-10-5-3-2-4-6-10/h2-9,14H,1H3. The van der Waals surface area contributed by atoms with E-state index in [2.05, 4.69) is 17.1 Å². The molecule has 1 aromatic carbocycles. The average Bonchev–Trinajstić information content (AvgIpc) is 2.40. The van der Waals surface area contributed by atoms with E-state index in [9.17, 15) is 4.79 Å². The SMILES string of the molecule is COC(=O)c1ccncc1[AsH]c1ccccc1. The summed E-state index contributed by atoms with van der Waals surface area (Å²) in [5.74, 6) is -0.290. The zero-order chi connectivity index (χ0) is 12.1. The van der Waals surface area contributed by atoms with Gasteiger partial charge in [0.05, 0.1) is 0 Å². The van der Waals surface area contributed by atoms with E-state index in [0.717, 1.165) is 4.35 Å². The predicted octanol–water partition coefficient (Wildman–Crippen LogP) is 0.255. The van der Waals surface area contributed by atoms with Crippen molar-refractivity contribution in [2.45, 2.75) is 0 Å². The van der Waals surface area contributed by atoms with Gasteiger partial charge in [-0.25, -0.2) is 0 Å². The first kappa shape index (κ1) is 11.9. The van der Waals surface area contributed by atoms with Gasteiger partial charge in [0.2, 0.25) is 0 Å². The molecule has 86 valence electrons. The molecule has 0 radical (unpaired) electrons. The van der Waals surface area contributed by atoms with E-state index in [0.29, 0.717) is 5.56 Å². The van der Waals surface area contributed by atoms with Crippen LogP contribution in [0.25, 0.3) is 0 Å². The summed E-state index contributed by atoms with van der Waals surface area (Å²) in [5, 5.41) is 0. The molecule has 2 aromatic rings. The summed E-state index contributed by atoms with van der Waals surface area (Å²) in [5.41, 5.74) is 0.631. The van der Waals surface area contributed by atoms with Crippen LogP contribution in [0.4, 0.5) is 0 Å². The minimum atomic E-state index is -0.543. The molecule has 0 saturated heterocycles. The third kappa shape index (κ3) is 2.95. The van der Waals surface area contributed by atoms with Crippen LogP contribution in [-0.2, 0) is 4.74 Å². The zero-order valence-corrected chi connectivity index (χ0v) is 11.5. The normalized spacial score (nSPS) is 10.6. The Labute approximate surface area is 107 Å². The van der Waals surface area contributed by atoms with Crippen molar-refractivity contribution in [1.29, 1.82) is 0 Å². The molecule has 0 aliphatic rings. The molecular formula is C13H12AsNO2. The van der Waals surface area contributed by atoms with Crippen molar-refractivity contribution in [3.63, 3.8) is 0 Å². The zero-order valence-electron chi connectivity index (χ0n) is 9.38. The van der Waals surface area contributed by atoms with Gasteiger partial charge in [-0.1, -0.05) is 0 Å². The van der Waals surface area contributed by atoms with E-state index >= 15 is 0 Å². The molecule has 1 aromatic heterocycles. The number of esters is 1. The van der Waals surface area contributed by atoms with Crippen LogP contribution < -0.4 is 8.70 Å². The summed E-state index contributed by atoms with van der Waals surface area (Å²) in [6.45, 7) is 0. The van der Waals surface area contributed by atoms with Crippen LogP contribution in [0.15, 0.2) is 48.8 Å². The maximum atomic E-state index is 11.6. The van der Waals surface area contributed by atoms with Crippen LogP contribution in [0.5, 0.6) is 0 Å². The number of nitrogens with zero attached hydrogens (tertiary/aromatic N) is 1. The Morgan fingerprint density at radius 3 is 2.71 bits per heavy atom. The van der Waals surface area contributed by atoms with E-state index in [1.165, 1.54) is 11.5 Å². The van der Waals surface area contributed by atoms with Crippen molar-refractivity contribution < 1.29 is 9.53 Å². The van der Waals surface area contributed by atoms with Crippen LogP contribution in [0, 0.1) is 0 Å². The second kappa shape index (κ2) is 5.64. The summed E-state index contributed by atoms with van der Waals surface area (Å²) >= 11 is -0.543. The molecular weight excluding hydrogens is 277 g/mol. The van der Waals surface area contributed by atoms with Gasteiger partial charge in [0.25, 0.3) is 0 Å². The van der Waals surface area contributed by atoms with E-state index in [1.54, 1.807) is 18.5 Å². The molecule has 0 N–H and O–H groups in total. The molecule has 3 nitrogen and oxygen atoms in total. The fourth-order valence-corrected chi connectivity index (χ4v) is 3.83. The number of carbonyl (C=O) groups is 1. The molecule has 2 rings (SSSR count). The fourth-order valence-electron chi connectivity index (χ4n) is 1.46. The number of pyridine rings is 1. The predicted molar refractivity (Wildman–Crippen MR) is 68.4 cm³/mol. The summed E-state index contributed by atoms with van der Waals surface area (Å²) in [6, 6.07) is 11.9. The van der Waals surface area contributed by atoms with E-state index in [1.807, 2.05) is 18.2 Å². The van der Waals surface area contributed by atoms with Crippen molar-refractivity contribution in [1.82, 2.24) is 4.98 Å². The van der Waals surface area contributed by atoms with Gasteiger partial charge in [0.15, 0.2) is 0 Å². The van der Waals surface area contributed by atoms with Crippen LogP contribution in [-0.4, -0.2) is 33.8 Å². The van der Waals surface area contributed by atoms with E-state index in [-0.39, 0.29) is 5.97 Å². The number of hydrogen-bond acceptors (Lipinski definition) is 3. The van der Waals surface area contributed by atoms with Gasteiger partial charge in [-0.15, -0.1) is 0 Å². The molecule has 4 heteroatoms. The monoisotopic (exact) mass is 289 g/mol. The van der Waals surface area contributed by atoms with Crippen LogP contribution in [0.2, 0.25) is 0 Å². The van der Waals surface area contributed by atoms with Gasteiger partial charge in [-0.05, 0) is 0 Å². The molecule has 0 spiro atoms. The summed E-state index contributed by atoms with van der Waals surface area (Å²) in [4.78, 5) is 15.7. The third-order valence-electron chi connectivity index (χ3n) is 2.28. The number of aromatic nitrogens is 1. The fraction of sp³-hybridized carbons (Fsp3) is 0.0769. The van der Waals surface area contributed by atoms with Crippen molar-refractivity contribution in [3.8, 4) is 0 Å². The van der Waals surface area contributed by atoms with Crippen molar-refractivity contribution in [3.05, 3.63) is 54.4 Å². The number of ether oxygens (including phenoxy) is 1. The molecule has 1 unspecified atom stereocenters. The second-order valence-corrected chi connectivity index (χ2v) is 6.27. The quantitative estimate of drug-likeness (QED) is 0.601. The molecule has 0 aliphatic carbocycles. The van der Waals surface area contributed by atoms with Gasteiger partial charge >= 0.3 is 106 Å². The first-order valence-corrected chi connectivity index (χ1v) is 7.25. The Bertz CT molecular complexity index is 514. The number of carbonyl (C=O) groups excluding carboxylic acids is 1. The van der Waals surface area contributed by atoms with Crippen LogP contribution in [0.3, 0.4) is 0 Å². The van der Waals surface area contributed by atoms with E-state index in [4.69, 9.17) is 4.74 Å². The van der Waals surface area contributed by atoms with Gasteiger partial charge < -0.3 is 0 Å². The molecule has 1 atom stereocenters. The molecule has 0 aliphatic heterocycles. The first-order valence-electron chi connectivity index (χ1n) is 5.15. The van der Waals surface area contributed by atoms with Crippen molar-refractivity contribution in [2.24, 2.45) is 0 Å². The Morgan fingerprint density at radius 1 is 1.24 bits per heavy atom. The molecule has 1 heterocycles. The van der Waals surface area contributed by atoms with Gasteiger partial charge in [0, 0.05) is 0 Å². The Kier molecular flexibility index (Phi) is 3.94. The summed E-state index contributed by atoms with van der Waals surface area (Å²) in [6.07, 6.45) is 3.38. The summed E-state index contributed by atoms with van der Waals surface area (Å²) < 4.78 is 7.04. The topological polar surface area (TPSA) is 39.2 Å². The Morgan fingerprint density at radius 2 is 2.00 bits per heavy atom. The third-order valence-corrected chi connectivity index (χ3v) is 4.99. The number of rotatable bonds is 3. The number of benzene rings is 1. The molecule has 0 bridgehead atoms. The summed E-state index contributed by atoms with van der Waals surface area (Å²) in [7, 11) is 1.40. The van der Waals surface area contributed by atoms with Crippen LogP contribution in [0.1, 0.15) is 10.4 Å². The Hall–Kier alpha value is -1.60. The maximum absolute atomic E-state index is 11.6. The number of hydrogen-bond donors (Lipinski definition) is 0. The molecule has 0 saturated carbocycles. The molecule has 17 heavy (non-hydrogen) atoms. The Balaban J connectivity index is 2.30. The van der Waals surface area contributed by atoms with Crippen LogP contribution >= 0.6 is 0 Å². The van der Waals surface area contributed by atoms with E-state index < -0.39 is 15.8 Å². The molecule has 0 amide bonds. The van der Waals surface area contributed by atoms with Gasteiger partial charge in [-0.3, -0.25) is 0 Å². The van der Waals surface area contributed by atoms with Crippen molar-refractivity contribution >= 4 is 30.4 Å². The molecule has 0 fully saturated rings. The minimum absolute atomic E-state index is 0.290. The second-order valence-electron chi connectivity index (χ2n) is 3.40. The number of methoxy groups -OCH3 is 1. The first-order chi connectivity index (χ1) is 8.31. The van der Waals surface area contributed by atoms with Gasteiger partial charge in [-0.2, -0.15) is 0 Å². The average molecular weight is 289 g/mol. The van der Waals surface area contributed by atoms with Crippen molar-refractivity contribution in [2.75, 3.05) is 7.11 Å².